The molecule has 0 amide bonds. The van der Waals surface area contributed by atoms with Crippen molar-refractivity contribution in [1.29, 1.82) is 0 Å². The predicted molar refractivity (Wildman–Crippen MR) is 67.2 cm³/mol. The highest BCUT2D eigenvalue weighted by atomic mass is 32.1. The average molecular weight is 254 g/mol. The molecule has 2 rings (SSSR count). The van der Waals surface area contributed by atoms with Crippen molar-refractivity contribution in [3.63, 3.8) is 0 Å². The van der Waals surface area contributed by atoms with Gasteiger partial charge in [-0.3, -0.25) is 0 Å². The molecule has 1 heterocycles. The van der Waals surface area contributed by atoms with E-state index in [4.69, 9.17) is 4.74 Å². The molecule has 94 valence electrons. The third-order valence-electron chi connectivity index (χ3n) is 2.72. The summed E-state index contributed by atoms with van der Waals surface area (Å²) in [4.78, 5) is 16.8. The second kappa shape index (κ2) is 5.60. The van der Waals surface area contributed by atoms with E-state index in [1.807, 2.05) is 6.92 Å². The normalized spacial score (nSPS) is 14.9. The van der Waals surface area contributed by atoms with E-state index in [1.54, 1.807) is 18.3 Å². The highest BCUT2D eigenvalue weighted by Gasteiger charge is 2.21. The molecular formula is C12H18N2O2S. The fourth-order valence-corrected chi connectivity index (χ4v) is 2.51. The maximum absolute atomic E-state index is 11.6. The number of esters is 1. The summed E-state index contributed by atoms with van der Waals surface area (Å²) in [5, 5.41) is 4.33. The lowest BCUT2D eigenvalue weighted by Gasteiger charge is -1.99. The standard InChI is InChI=1S/C12H18N2O2S/c1-3-16-12(15)11-8(2)17-10(14-11)7-13-6-9-4-5-9/h9,13H,3-7H2,1-2H3. The van der Waals surface area contributed by atoms with Gasteiger partial charge in [-0.25, -0.2) is 9.78 Å². The molecule has 17 heavy (non-hydrogen) atoms. The Morgan fingerprint density at radius 3 is 3.00 bits per heavy atom. The van der Waals surface area contributed by atoms with Crippen LogP contribution < -0.4 is 5.32 Å². The van der Waals surface area contributed by atoms with Crippen molar-refractivity contribution in [2.75, 3.05) is 13.2 Å². The fraction of sp³-hybridized carbons (Fsp3) is 0.667. The van der Waals surface area contributed by atoms with Gasteiger partial charge in [-0.1, -0.05) is 0 Å². The van der Waals surface area contributed by atoms with Crippen LogP contribution in [0.15, 0.2) is 0 Å². The van der Waals surface area contributed by atoms with Crippen molar-refractivity contribution >= 4 is 17.3 Å². The lowest BCUT2D eigenvalue weighted by atomic mass is 10.4. The van der Waals surface area contributed by atoms with Crippen LogP contribution in [0, 0.1) is 12.8 Å². The van der Waals surface area contributed by atoms with Crippen molar-refractivity contribution in [1.82, 2.24) is 10.3 Å². The van der Waals surface area contributed by atoms with E-state index in [1.165, 1.54) is 12.8 Å². The molecule has 0 radical (unpaired) electrons. The summed E-state index contributed by atoms with van der Waals surface area (Å²) in [5.41, 5.74) is 0.472. The van der Waals surface area contributed by atoms with Crippen LogP contribution in [0.1, 0.15) is 40.1 Å². The van der Waals surface area contributed by atoms with Gasteiger partial charge in [-0.2, -0.15) is 0 Å². The summed E-state index contributed by atoms with van der Waals surface area (Å²) in [5.74, 6) is 0.551. The number of nitrogens with zero attached hydrogens (tertiary/aromatic N) is 1. The molecule has 1 aromatic rings. The number of nitrogens with one attached hydrogen (secondary N) is 1. The van der Waals surface area contributed by atoms with Gasteiger partial charge in [0.1, 0.15) is 5.01 Å². The summed E-state index contributed by atoms with van der Waals surface area (Å²) in [6, 6.07) is 0. The van der Waals surface area contributed by atoms with Gasteiger partial charge in [0, 0.05) is 11.4 Å². The van der Waals surface area contributed by atoms with E-state index in [0.717, 1.165) is 28.9 Å². The Labute approximate surface area is 105 Å². The first-order chi connectivity index (χ1) is 8.20. The van der Waals surface area contributed by atoms with Crippen LogP contribution in [0.25, 0.3) is 0 Å². The van der Waals surface area contributed by atoms with Crippen LogP contribution in [0.3, 0.4) is 0 Å². The van der Waals surface area contributed by atoms with E-state index < -0.39 is 0 Å². The molecule has 1 aliphatic rings. The van der Waals surface area contributed by atoms with Crippen molar-refractivity contribution in [2.45, 2.75) is 33.2 Å². The topological polar surface area (TPSA) is 51.2 Å². The Kier molecular flexibility index (Phi) is 4.12. The SMILES string of the molecule is CCOC(=O)c1nc(CNCC2CC2)sc1C. The fourth-order valence-electron chi connectivity index (χ4n) is 1.62. The first-order valence-corrected chi connectivity index (χ1v) is 6.86. The van der Waals surface area contributed by atoms with E-state index in [2.05, 4.69) is 10.3 Å². The van der Waals surface area contributed by atoms with Crippen molar-refractivity contribution < 1.29 is 9.53 Å². The monoisotopic (exact) mass is 254 g/mol. The number of aryl methyl sites for hydroxylation is 1. The molecule has 0 aromatic carbocycles. The minimum Gasteiger partial charge on any atom is -0.461 e. The van der Waals surface area contributed by atoms with Gasteiger partial charge in [0.05, 0.1) is 6.61 Å². The molecule has 1 N–H and O–H groups in total. The van der Waals surface area contributed by atoms with Gasteiger partial charge in [-0.05, 0) is 39.2 Å². The zero-order valence-corrected chi connectivity index (χ0v) is 11.1. The molecule has 5 heteroatoms. The number of aromatic nitrogens is 1. The van der Waals surface area contributed by atoms with E-state index in [9.17, 15) is 4.79 Å². The molecule has 1 aliphatic carbocycles. The quantitative estimate of drug-likeness (QED) is 0.790. The molecule has 0 spiro atoms. The number of ether oxygens (including phenoxy) is 1. The number of thiazole rings is 1. The van der Waals surface area contributed by atoms with Gasteiger partial charge < -0.3 is 10.1 Å². The first-order valence-electron chi connectivity index (χ1n) is 6.04. The Morgan fingerprint density at radius 2 is 2.35 bits per heavy atom. The summed E-state index contributed by atoms with van der Waals surface area (Å²) < 4.78 is 4.96. The molecule has 0 unspecified atom stereocenters. The van der Waals surface area contributed by atoms with Gasteiger partial charge in [0.15, 0.2) is 5.69 Å². The molecule has 4 nitrogen and oxygen atoms in total. The van der Waals surface area contributed by atoms with Crippen LogP contribution in [0.2, 0.25) is 0 Å². The summed E-state index contributed by atoms with van der Waals surface area (Å²) >= 11 is 1.57. The second-order valence-electron chi connectivity index (χ2n) is 4.31. The van der Waals surface area contributed by atoms with Crippen molar-refractivity contribution in [2.24, 2.45) is 5.92 Å². The average Bonchev–Trinajstić information content (AvgIpc) is 3.02. The Morgan fingerprint density at radius 1 is 1.59 bits per heavy atom. The number of carbonyl (C=O) groups is 1. The van der Waals surface area contributed by atoms with Crippen LogP contribution in [-0.4, -0.2) is 24.1 Å². The van der Waals surface area contributed by atoms with Crippen LogP contribution in [-0.2, 0) is 11.3 Å². The molecule has 1 aromatic heterocycles. The Balaban J connectivity index is 1.89. The highest BCUT2D eigenvalue weighted by molar-refractivity contribution is 7.11. The predicted octanol–water partition coefficient (Wildman–Crippen LogP) is 2.13. The minimum absolute atomic E-state index is 0.310. The number of rotatable bonds is 6. The minimum atomic E-state index is -0.310. The number of hydrogen-bond donors (Lipinski definition) is 1. The van der Waals surface area contributed by atoms with Crippen molar-refractivity contribution in [3.05, 3.63) is 15.6 Å². The third-order valence-corrected chi connectivity index (χ3v) is 3.69. The number of carbonyl (C=O) groups excluding carboxylic acids is 1. The maximum atomic E-state index is 11.6. The van der Waals surface area contributed by atoms with Gasteiger partial charge in [0.2, 0.25) is 0 Å². The van der Waals surface area contributed by atoms with E-state index >= 15 is 0 Å². The summed E-state index contributed by atoms with van der Waals surface area (Å²) in [6.07, 6.45) is 2.69. The maximum Gasteiger partial charge on any atom is 0.358 e. The second-order valence-corrected chi connectivity index (χ2v) is 5.59. The molecular weight excluding hydrogens is 236 g/mol. The Bertz CT molecular complexity index is 399. The molecule has 0 atom stereocenters. The van der Waals surface area contributed by atoms with Gasteiger partial charge in [-0.15, -0.1) is 11.3 Å². The van der Waals surface area contributed by atoms with E-state index in [-0.39, 0.29) is 5.97 Å². The molecule has 1 fully saturated rings. The lowest BCUT2D eigenvalue weighted by Crippen LogP contribution is -2.16. The number of hydrogen-bond acceptors (Lipinski definition) is 5. The van der Waals surface area contributed by atoms with Crippen molar-refractivity contribution in [3.8, 4) is 0 Å². The third kappa shape index (κ3) is 3.51. The zero-order valence-electron chi connectivity index (χ0n) is 10.3. The molecule has 0 aliphatic heterocycles. The largest absolute Gasteiger partial charge is 0.461 e. The zero-order chi connectivity index (χ0) is 12.3. The molecule has 1 saturated carbocycles. The highest BCUT2D eigenvalue weighted by Crippen LogP contribution is 2.27. The van der Waals surface area contributed by atoms with Crippen LogP contribution >= 0.6 is 11.3 Å². The van der Waals surface area contributed by atoms with E-state index in [0.29, 0.717) is 12.3 Å². The first kappa shape index (κ1) is 12.5. The van der Waals surface area contributed by atoms with Gasteiger partial charge in [0.25, 0.3) is 0 Å². The lowest BCUT2D eigenvalue weighted by molar-refractivity contribution is 0.0519. The van der Waals surface area contributed by atoms with Crippen LogP contribution in [0.5, 0.6) is 0 Å². The smallest absolute Gasteiger partial charge is 0.358 e. The molecule has 0 bridgehead atoms. The summed E-state index contributed by atoms with van der Waals surface area (Å²) in [7, 11) is 0. The van der Waals surface area contributed by atoms with Gasteiger partial charge >= 0.3 is 5.97 Å². The van der Waals surface area contributed by atoms with Crippen LogP contribution in [0.4, 0.5) is 0 Å². The molecule has 0 saturated heterocycles. The Hall–Kier alpha value is -0.940. The summed E-state index contributed by atoms with van der Waals surface area (Å²) in [6.45, 7) is 5.92.